The van der Waals surface area contributed by atoms with E-state index in [0.717, 1.165) is 18.3 Å². The Bertz CT molecular complexity index is 902. The normalized spacial score (nSPS) is 19.3. The van der Waals surface area contributed by atoms with Gasteiger partial charge in [0.05, 0.1) is 0 Å². The second-order valence-electron chi connectivity index (χ2n) is 5.11. The molecule has 148 valence electrons. The van der Waals surface area contributed by atoms with Crippen molar-refractivity contribution in [1.82, 2.24) is 14.6 Å². The van der Waals surface area contributed by atoms with Crippen LogP contribution in [0.1, 0.15) is 12.6 Å². The van der Waals surface area contributed by atoms with Gasteiger partial charge in [0.1, 0.15) is 31.5 Å². The Hall–Kier alpha value is -1.78. The van der Waals surface area contributed by atoms with Crippen LogP contribution in [0.2, 0.25) is 0 Å². The Kier molecular flexibility index (Phi) is 8.33. The SMILES string of the molecule is CON=C(C(=O)N[C@@H]1C(=O)N(S(=O)(=O)[O-])[C@H]1COC(C)=O)c1csc(N)n1.[Na+]. The molecule has 0 spiro atoms. The maximum Gasteiger partial charge on any atom is 1.00 e. The van der Waals surface area contributed by atoms with Gasteiger partial charge >= 0.3 is 35.5 Å². The Morgan fingerprint density at radius 3 is 2.61 bits per heavy atom. The van der Waals surface area contributed by atoms with Gasteiger partial charge in [-0.05, 0) is 0 Å². The smallest absolute Gasteiger partial charge is 0.731 e. The number of nitrogens with two attached hydrogens (primary N) is 1. The molecule has 1 aliphatic heterocycles. The van der Waals surface area contributed by atoms with Crippen LogP contribution in [0, 0.1) is 0 Å². The molecule has 0 bridgehead atoms. The number of anilines is 1. The zero-order valence-corrected chi connectivity index (χ0v) is 18.6. The third-order valence-electron chi connectivity index (χ3n) is 3.32. The minimum atomic E-state index is -5.15. The molecular formula is C12H14N5NaO8S2. The summed E-state index contributed by atoms with van der Waals surface area (Å²) in [6.45, 7) is 0.452. The molecule has 2 amide bonds. The number of carbonyl (C=O) groups is 3. The van der Waals surface area contributed by atoms with E-state index in [9.17, 15) is 27.4 Å². The number of esters is 1. The van der Waals surface area contributed by atoms with Crippen molar-refractivity contribution in [2.45, 2.75) is 19.0 Å². The number of thiazole rings is 1. The number of hydrogen-bond acceptors (Lipinski definition) is 12. The molecule has 2 rings (SSSR count). The Labute approximate surface area is 185 Å². The summed E-state index contributed by atoms with van der Waals surface area (Å²) in [7, 11) is -3.98. The number of amides is 2. The number of β-lactam (4-membered cyclic amide) rings is 1. The fourth-order valence-corrected chi connectivity index (χ4v) is 3.62. The first kappa shape index (κ1) is 24.3. The summed E-state index contributed by atoms with van der Waals surface area (Å²) in [5.74, 6) is -2.87. The van der Waals surface area contributed by atoms with E-state index in [2.05, 4.69) is 25.0 Å². The van der Waals surface area contributed by atoms with Crippen LogP contribution in [-0.4, -0.2) is 71.6 Å². The van der Waals surface area contributed by atoms with Crippen molar-refractivity contribution in [3.05, 3.63) is 11.1 Å². The number of rotatable bonds is 7. The van der Waals surface area contributed by atoms with E-state index in [1.807, 2.05) is 0 Å². The van der Waals surface area contributed by atoms with Crippen LogP contribution < -0.4 is 40.6 Å². The molecule has 0 aromatic carbocycles. The summed E-state index contributed by atoms with van der Waals surface area (Å²) in [5.41, 5.74) is 5.24. The monoisotopic (exact) mass is 443 g/mol. The predicted molar refractivity (Wildman–Crippen MR) is 89.0 cm³/mol. The molecule has 1 saturated heterocycles. The first-order valence-corrected chi connectivity index (χ1v) is 9.36. The predicted octanol–water partition coefficient (Wildman–Crippen LogP) is -5.20. The van der Waals surface area contributed by atoms with E-state index in [-0.39, 0.29) is 50.4 Å². The van der Waals surface area contributed by atoms with Crippen LogP contribution in [0.4, 0.5) is 5.13 Å². The summed E-state index contributed by atoms with van der Waals surface area (Å²) >= 11 is 1.03. The van der Waals surface area contributed by atoms with Gasteiger partial charge < -0.3 is 25.2 Å². The molecule has 0 saturated carbocycles. The van der Waals surface area contributed by atoms with Crippen molar-refractivity contribution in [2.75, 3.05) is 19.5 Å². The van der Waals surface area contributed by atoms with Gasteiger partial charge in [0, 0.05) is 12.3 Å². The molecule has 0 aliphatic carbocycles. The Morgan fingerprint density at radius 2 is 2.14 bits per heavy atom. The van der Waals surface area contributed by atoms with Gasteiger partial charge in [-0.1, -0.05) is 5.16 Å². The third-order valence-corrected chi connectivity index (χ3v) is 4.92. The summed E-state index contributed by atoms with van der Waals surface area (Å²) in [4.78, 5) is 43.8. The molecule has 3 N–H and O–H groups in total. The fraction of sp³-hybridized carbons (Fsp3) is 0.417. The van der Waals surface area contributed by atoms with E-state index >= 15 is 0 Å². The topological polar surface area (TPSA) is 193 Å². The zero-order chi connectivity index (χ0) is 20.4. The average Bonchev–Trinajstić information content (AvgIpc) is 2.98. The summed E-state index contributed by atoms with van der Waals surface area (Å²) in [6.07, 6.45) is 0. The molecular weight excluding hydrogens is 429 g/mol. The van der Waals surface area contributed by atoms with Gasteiger partial charge in [0.25, 0.3) is 11.8 Å². The van der Waals surface area contributed by atoms with Gasteiger partial charge in [0.2, 0.25) is 0 Å². The van der Waals surface area contributed by atoms with Gasteiger partial charge in [-0.3, -0.25) is 14.4 Å². The van der Waals surface area contributed by atoms with Gasteiger partial charge in [0.15, 0.2) is 21.1 Å². The minimum absolute atomic E-state index is 0. The first-order chi connectivity index (χ1) is 12.6. The van der Waals surface area contributed by atoms with Crippen molar-refractivity contribution < 1.29 is 66.5 Å². The number of nitrogens with one attached hydrogen (secondary N) is 1. The second-order valence-corrected chi connectivity index (χ2v) is 7.24. The number of ether oxygens (including phenoxy) is 1. The molecule has 1 aromatic rings. The second kappa shape index (κ2) is 9.62. The Balaban J connectivity index is 0.00000392. The number of aromatic nitrogens is 1. The van der Waals surface area contributed by atoms with Crippen molar-refractivity contribution in [1.29, 1.82) is 0 Å². The van der Waals surface area contributed by atoms with Crippen molar-refractivity contribution in [3.63, 3.8) is 0 Å². The van der Waals surface area contributed by atoms with Gasteiger partial charge in [-0.25, -0.2) is 17.7 Å². The van der Waals surface area contributed by atoms with Gasteiger partial charge in [-0.15, -0.1) is 11.3 Å². The Morgan fingerprint density at radius 1 is 1.50 bits per heavy atom. The van der Waals surface area contributed by atoms with E-state index in [1.165, 1.54) is 12.5 Å². The summed E-state index contributed by atoms with van der Waals surface area (Å²) in [5, 5.41) is 7.30. The van der Waals surface area contributed by atoms with Crippen LogP contribution >= 0.6 is 11.3 Å². The van der Waals surface area contributed by atoms with E-state index < -0.39 is 46.8 Å². The van der Waals surface area contributed by atoms with Crippen LogP contribution in [0.3, 0.4) is 0 Å². The first-order valence-electron chi connectivity index (χ1n) is 7.12. The summed E-state index contributed by atoms with van der Waals surface area (Å²) < 4.78 is 38.3. The summed E-state index contributed by atoms with van der Waals surface area (Å²) in [6, 6.07) is -2.82. The number of hydrogen-bond donors (Lipinski definition) is 2. The number of nitrogens with zero attached hydrogens (tertiary/aromatic N) is 3. The number of oxime groups is 1. The van der Waals surface area contributed by atoms with Gasteiger partial charge in [-0.2, -0.15) is 0 Å². The molecule has 1 fully saturated rings. The molecule has 2 atom stereocenters. The van der Waals surface area contributed by atoms with E-state index in [1.54, 1.807) is 0 Å². The maximum atomic E-state index is 12.4. The molecule has 13 nitrogen and oxygen atoms in total. The van der Waals surface area contributed by atoms with E-state index in [4.69, 9.17) is 5.73 Å². The molecule has 0 radical (unpaired) electrons. The molecule has 16 heteroatoms. The van der Waals surface area contributed by atoms with Crippen LogP contribution in [0.5, 0.6) is 0 Å². The van der Waals surface area contributed by atoms with Crippen LogP contribution in [0.15, 0.2) is 10.5 Å². The quantitative estimate of drug-likeness (QED) is 0.103. The van der Waals surface area contributed by atoms with Crippen LogP contribution in [-0.2, 0) is 34.3 Å². The van der Waals surface area contributed by atoms with Crippen molar-refractivity contribution in [3.8, 4) is 0 Å². The maximum absolute atomic E-state index is 12.4. The van der Waals surface area contributed by atoms with Crippen molar-refractivity contribution >= 4 is 50.3 Å². The van der Waals surface area contributed by atoms with Crippen molar-refractivity contribution in [2.24, 2.45) is 5.16 Å². The number of nitrogen functional groups attached to an aromatic ring is 1. The molecule has 1 aliphatic rings. The van der Waals surface area contributed by atoms with E-state index in [0.29, 0.717) is 0 Å². The largest absolute Gasteiger partial charge is 1.00 e. The average molecular weight is 443 g/mol. The zero-order valence-electron chi connectivity index (χ0n) is 14.9. The molecule has 1 aromatic heterocycles. The standard InChI is InChI=1S/C12H15N5O8S2.Na/c1-5(18)25-3-7-9(11(20)17(7)27(21,22)23)15-10(19)8(16-24-2)6-4-26-12(13)14-6;/h4,7,9H,3H2,1-2H3,(H2,13,14)(H,15,19)(H,21,22,23);/q;+1/p-1/t7-,9-;/m0./s1. The molecule has 2 heterocycles. The number of carbonyl (C=O) groups excluding carboxylic acids is 3. The fourth-order valence-electron chi connectivity index (χ4n) is 2.22. The third kappa shape index (κ3) is 5.39. The van der Waals surface area contributed by atoms with Crippen LogP contribution in [0.25, 0.3) is 0 Å². The molecule has 28 heavy (non-hydrogen) atoms. The molecule has 0 unspecified atom stereocenters. The minimum Gasteiger partial charge on any atom is -0.731 e.